The van der Waals surface area contributed by atoms with Gasteiger partial charge in [-0.1, -0.05) is 36.4 Å². The zero-order valence-corrected chi connectivity index (χ0v) is 19.2. The van der Waals surface area contributed by atoms with E-state index in [1.54, 1.807) is 24.5 Å². The van der Waals surface area contributed by atoms with Crippen LogP contribution in [0, 0.1) is 0 Å². The summed E-state index contributed by atoms with van der Waals surface area (Å²) in [5.41, 5.74) is 3.91. The highest BCUT2D eigenvalue weighted by atomic mass is 16.5. The number of carbonyl (C=O) groups is 1. The zero-order valence-electron chi connectivity index (χ0n) is 19.2. The van der Waals surface area contributed by atoms with Crippen molar-refractivity contribution >= 4 is 5.91 Å². The van der Waals surface area contributed by atoms with Gasteiger partial charge >= 0.3 is 0 Å². The van der Waals surface area contributed by atoms with Crippen LogP contribution in [0.3, 0.4) is 0 Å². The lowest BCUT2D eigenvalue weighted by Gasteiger charge is -2.35. The molecule has 2 unspecified atom stereocenters. The molecule has 6 nitrogen and oxygen atoms in total. The van der Waals surface area contributed by atoms with Gasteiger partial charge in [-0.15, -0.1) is 0 Å². The smallest absolute Gasteiger partial charge is 0.251 e. The molecule has 0 aliphatic carbocycles. The Hall–Kier alpha value is -3.22. The van der Waals surface area contributed by atoms with Crippen LogP contribution in [0.1, 0.15) is 40.9 Å². The number of rotatable bonds is 8. The molecule has 2 heterocycles. The Morgan fingerprint density at radius 2 is 1.85 bits per heavy atom. The predicted molar refractivity (Wildman–Crippen MR) is 128 cm³/mol. The molecule has 1 saturated heterocycles. The van der Waals surface area contributed by atoms with Gasteiger partial charge in [0.15, 0.2) is 0 Å². The number of nitrogens with zero attached hydrogens (tertiary/aromatic N) is 2. The summed E-state index contributed by atoms with van der Waals surface area (Å²) in [7, 11) is 0. The molecule has 4 rings (SSSR count). The van der Waals surface area contributed by atoms with E-state index in [0.717, 1.165) is 30.8 Å². The van der Waals surface area contributed by atoms with E-state index in [9.17, 15) is 4.79 Å². The van der Waals surface area contributed by atoms with E-state index in [1.807, 2.05) is 30.3 Å². The molecular formula is C27H31N3O3. The first-order valence-electron chi connectivity index (χ1n) is 11.4. The molecule has 172 valence electrons. The molecule has 0 radical (unpaired) electrons. The SMILES string of the molecule is CC1CN(Cc2ccccc2CNC(=O)c2cccc(OCc3cccnc3)c2)CC(C)O1. The second kappa shape index (κ2) is 11.1. The molecule has 1 amide bonds. The standard InChI is InChI=1S/C27H31N3O3/c1-20-16-30(17-21(2)33-20)18-25-9-4-3-8-24(25)15-29-27(31)23-10-5-11-26(13-23)32-19-22-7-6-12-28-14-22/h3-14,20-21H,15-19H2,1-2H3,(H,29,31). The van der Waals surface area contributed by atoms with E-state index in [4.69, 9.17) is 9.47 Å². The van der Waals surface area contributed by atoms with Crippen LogP contribution < -0.4 is 10.1 Å². The quantitative estimate of drug-likeness (QED) is 0.563. The fraction of sp³-hybridized carbons (Fsp3) is 0.333. The average Bonchev–Trinajstić information content (AvgIpc) is 2.82. The van der Waals surface area contributed by atoms with Crippen LogP contribution in [-0.2, 0) is 24.4 Å². The second-order valence-corrected chi connectivity index (χ2v) is 8.58. The molecule has 1 N–H and O–H groups in total. The molecule has 1 aromatic heterocycles. The van der Waals surface area contributed by atoms with E-state index in [-0.39, 0.29) is 18.1 Å². The summed E-state index contributed by atoms with van der Waals surface area (Å²) in [5, 5.41) is 3.06. The van der Waals surface area contributed by atoms with Gasteiger partial charge in [-0.3, -0.25) is 14.7 Å². The van der Waals surface area contributed by atoms with E-state index in [1.165, 1.54) is 5.56 Å². The number of hydrogen-bond donors (Lipinski definition) is 1. The number of ether oxygens (including phenoxy) is 2. The molecule has 0 saturated carbocycles. The summed E-state index contributed by atoms with van der Waals surface area (Å²) in [5.74, 6) is 0.535. The van der Waals surface area contributed by atoms with Crippen LogP contribution in [0.25, 0.3) is 0 Å². The Morgan fingerprint density at radius 1 is 1.06 bits per heavy atom. The maximum Gasteiger partial charge on any atom is 0.251 e. The number of aromatic nitrogens is 1. The van der Waals surface area contributed by atoms with Crippen LogP contribution in [0.4, 0.5) is 0 Å². The normalized spacial score (nSPS) is 18.6. The van der Waals surface area contributed by atoms with Gasteiger partial charge < -0.3 is 14.8 Å². The summed E-state index contributed by atoms with van der Waals surface area (Å²) in [4.78, 5) is 19.3. The van der Waals surface area contributed by atoms with Crippen molar-refractivity contribution in [3.8, 4) is 5.75 Å². The lowest BCUT2D eigenvalue weighted by Crippen LogP contribution is -2.45. The van der Waals surface area contributed by atoms with E-state index in [0.29, 0.717) is 24.5 Å². The lowest BCUT2D eigenvalue weighted by molar-refractivity contribution is -0.0705. The minimum atomic E-state index is -0.120. The maximum absolute atomic E-state index is 12.8. The number of benzene rings is 2. The number of nitrogens with one attached hydrogen (secondary N) is 1. The van der Waals surface area contributed by atoms with Crippen molar-refractivity contribution in [1.82, 2.24) is 15.2 Å². The molecule has 33 heavy (non-hydrogen) atoms. The molecule has 2 atom stereocenters. The molecule has 0 bridgehead atoms. The first-order valence-corrected chi connectivity index (χ1v) is 11.4. The van der Waals surface area contributed by atoms with E-state index in [2.05, 4.69) is 47.2 Å². The van der Waals surface area contributed by atoms with Crippen molar-refractivity contribution in [3.05, 3.63) is 95.3 Å². The maximum atomic E-state index is 12.8. The fourth-order valence-electron chi connectivity index (χ4n) is 4.19. The van der Waals surface area contributed by atoms with Crippen molar-refractivity contribution in [2.24, 2.45) is 0 Å². The Kier molecular flexibility index (Phi) is 7.70. The zero-order chi connectivity index (χ0) is 23.0. The topological polar surface area (TPSA) is 63.7 Å². The molecule has 0 spiro atoms. The highest BCUT2D eigenvalue weighted by Crippen LogP contribution is 2.18. The van der Waals surface area contributed by atoms with Crippen LogP contribution in [0.15, 0.2) is 73.1 Å². The molecule has 1 fully saturated rings. The first-order chi connectivity index (χ1) is 16.1. The third-order valence-corrected chi connectivity index (χ3v) is 5.67. The second-order valence-electron chi connectivity index (χ2n) is 8.58. The van der Waals surface area contributed by atoms with Crippen LogP contribution in [0.5, 0.6) is 5.75 Å². The Labute approximate surface area is 195 Å². The third kappa shape index (κ3) is 6.63. The van der Waals surface area contributed by atoms with Crippen molar-refractivity contribution < 1.29 is 14.3 Å². The summed E-state index contributed by atoms with van der Waals surface area (Å²) < 4.78 is 11.7. The molecule has 1 aliphatic heterocycles. The molecule has 1 aliphatic rings. The summed E-state index contributed by atoms with van der Waals surface area (Å²) in [6.07, 6.45) is 3.96. The molecular weight excluding hydrogens is 414 g/mol. The van der Waals surface area contributed by atoms with Gasteiger partial charge in [-0.2, -0.15) is 0 Å². The van der Waals surface area contributed by atoms with Gasteiger partial charge in [0.05, 0.1) is 12.2 Å². The largest absolute Gasteiger partial charge is 0.489 e. The first kappa shape index (κ1) is 23.0. The number of hydrogen-bond acceptors (Lipinski definition) is 5. The summed E-state index contributed by atoms with van der Waals surface area (Å²) >= 11 is 0. The van der Waals surface area contributed by atoms with Gasteiger partial charge in [-0.25, -0.2) is 0 Å². The van der Waals surface area contributed by atoms with Crippen LogP contribution >= 0.6 is 0 Å². The fourth-order valence-corrected chi connectivity index (χ4v) is 4.19. The summed E-state index contributed by atoms with van der Waals surface area (Å²) in [6, 6.07) is 19.4. The van der Waals surface area contributed by atoms with Crippen LogP contribution in [-0.4, -0.2) is 41.1 Å². The third-order valence-electron chi connectivity index (χ3n) is 5.67. The Bertz CT molecular complexity index is 1050. The average molecular weight is 446 g/mol. The van der Waals surface area contributed by atoms with Crippen molar-refractivity contribution in [2.45, 2.75) is 45.8 Å². The van der Waals surface area contributed by atoms with Crippen LogP contribution in [0.2, 0.25) is 0 Å². The van der Waals surface area contributed by atoms with E-state index < -0.39 is 0 Å². The van der Waals surface area contributed by atoms with E-state index >= 15 is 0 Å². The summed E-state index contributed by atoms with van der Waals surface area (Å²) in [6.45, 7) is 7.79. The number of morpholine rings is 1. The Morgan fingerprint density at radius 3 is 2.61 bits per heavy atom. The minimum absolute atomic E-state index is 0.120. The van der Waals surface area contributed by atoms with Crippen molar-refractivity contribution in [1.29, 1.82) is 0 Å². The van der Waals surface area contributed by atoms with Gasteiger partial charge in [0, 0.05) is 49.7 Å². The van der Waals surface area contributed by atoms with Crippen molar-refractivity contribution in [3.63, 3.8) is 0 Å². The molecule has 3 aromatic rings. The van der Waals surface area contributed by atoms with Gasteiger partial charge in [0.1, 0.15) is 12.4 Å². The number of carbonyl (C=O) groups excluding carboxylic acids is 1. The van der Waals surface area contributed by atoms with Gasteiger partial charge in [0.2, 0.25) is 0 Å². The number of pyridine rings is 1. The van der Waals surface area contributed by atoms with Gasteiger partial charge in [-0.05, 0) is 49.2 Å². The van der Waals surface area contributed by atoms with Gasteiger partial charge in [0.25, 0.3) is 5.91 Å². The minimum Gasteiger partial charge on any atom is -0.489 e. The highest BCUT2D eigenvalue weighted by Gasteiger charge is 2.22. The molecule has 6 heteroatoms. The Balaban J connectivity index is 1.35. The monoisotopic (exact) mass is 445 g/mol. The highest BCUT2D eigenvalue weighted by molar-refractivity contribution is 5.94. The lowest BCUT2D eigenvalue weighted by atomic mass is 10.1. The molecule has 2 aromatic carbocycles. The predicted octanol–water partition coefficient (Wildman–Crippen LogP) is 4.20. The number of amides is 1. The van der Waals surface area contributed by atoms with Crippen molar-refractivity contribution in [2.75, 3.05) is 13.1 Å².